The Balaban J connectivity index is 1.62. The lowest BCUT2D eigenvalue weighted by Crippen LogP contribution is -2.07. The molecule has 0 saturated carbocycles. The predicted molar refractivity (Wildman–Crippen MR) is 167 cm³/mol. The lowest BCUT2D eigenvalue weighted by molar-refractivity contribution is 0.600. The van der Waals surface area contributed by atoms with Crippen molar-refractivity contribution in [2.75, 3.05) is 28.7 Å². The molecule has 0 aliphatic rings. The molecule has 0 fully saturated rings. The number of nitrogens with zero attached hydrogens (tertiary/aromatic N) is 4. The maximum atomic E-state index is 14.2. The second kappa shape index (κ2) is 12.7. The second-order valence-corrected chi connectivity index (χ2v) is 13.7. The highest BCUT2D eigenvalue weighted by atomic mass is 32.2. The zero-order valence-electron chi connectivity index (χ0n) is 24.0. The number of nitrogens with one attached hydrogen (secondary N) is 3. The molecule has 14 heteroatoms. The Labute approximate surface area is 249 Å². The van der Waals surface area contributed by atoms with Crippen molar-refractivity contribution >= 4 is 54.4 Å². The molecule has 3 N–H and O–H groups in total. The van der Waals surface area contributed by atoms with Crippen molar-refractivity contribution in [3.8, 4) is 0 Å². The van der Waals surface area contributed by atoms with E-state index in [0.717, 1.165) is 12.5 Å². The number of sulfone groups is 2. The highest BCUT2D eigenvalue weighted by Crippen LogP contribution is 2.23. The molecule has 0 spiro atoms. The SMILES string of the molecule is CC(=NNc1cc(NN=C(C)c2ccc(S(C)(=O)=O)cc2)nc(Nc2cccc(F)c2C)n1)c1ccc(S(C)(=O)=O)cc1. The lowest BCUT2D eigenvalue weighted by Gasteiger charge is -2.12. The summed E-state index contributed by atoms with van der Waals surface area (Å²) in [6, 6.07) is 18.8. The first kappa shape index (κ1) is 31.3. The van der Waals surface area contributed by atoms with Crippen LogP contribution < -0.4 is 16.2 Å². The number of anilines is 4. The van der Waals surface area contributed by atoms with Crippen LogP contribution in [-0.2, 0) is 19.7 Å². The third-order valence-corrected chi connectivity index (χ3v) is 8.57. The fraction of sp³-hybridized carbons (Fsp3) is 0.172. The number of halogens is 1. The molecule has 0 bridgehead atoms. The summed E-state index contributed by atoms with van der Waals surface area (Å²) in [5.41, 5.74) is 9.14. The van der Waals surface area contributed by atoms with Crippen LogP contribution in [0.2, 0.25) is 0 Å². The van der Waals surface area contributed by atoms with E-state index in [1.807, 2.05) is 0 Å². The Hall–Kier alpha value is -4.69. The summed E-state index contributed by atoms with van der Waals surface area (Å²) < 4.78 is 61.2. The van der Waals surface area contributed by atoms with Gasteiger partial charge in [0, 0.05) is 29.8 Å². The normalized spacial score (nSPS) is 12.6. The number of hydrazone groups is 2. The largest absolute Gasteiger partial charge is 0.324 e. The van der Waals surface area contributed by atoms with E-state index in [2.05, 4.69) is 36.3 Å². The first-order valence-electron chi connectivity index (χ1n) is 12.8. The standard InChI is InChI=1S/C29H30FN7O4S2/c1-18-25(30)7-6-8-26(18)31-29-32-27(36-34-19(2)21-9-13-23(14-10-21)42(4,38)39)17-28(33-29)37-35-20(3)22-11-15-24(16-12-22)43(5,40)41/h6-17H,1-5H3,(H3,31,32,33,36,37). The van der Waals surface area contributed by atoms with Crippen LogP contribution in [0.5, 0.6) is 0 Å². The number of benzene rings is 3. The van der Waals surface area contributed by atoms with Crippen molar-refractivity contribution in [2.45, 2.75) is 30.6 Å². The van der Waals surface area contributed by atoms with Gasteiger partial charge in [0.15, 0.2) is 31.3 Å². The van der Waals surface area contributed by atoms with E-state index in [1.165, 1.54) is 30.3 Å². The zero-order chi connectivity index (χ0) is 31.4. The molecule has 3 aromatic carbocycles. The quantitative estimate of drug-likeness (QED) is 0.161. The Morgan fingerprint density at radius 2 is 1.16 bits per heavy atom. The molecule has 0 aliphatic heterocycles. The lowest BCUT2D eigenvalue weighted by atomic mass is 10.1. The molecule has 1 heterocycles. The number of hydrogen-bond donors (Lipinski definition) is 3. The van der Waals surface area contributed by atoms with Gasteiger partial charge in [0.25, 0.3) is 0 Å². The van der Waals surface area contributed by atoms with E-state index in [0.29, 0.717) is 33.8 Å². The molecule has 0 radical (unpaired) electrons. The van der Waals surface area contributed by atoms with Crippen molar-refractivity contribution in [3.63, 3.8) is 0 Å². The minimum Gasteiger partial charge on any atom is -0.324 e. The summed E-state index contributed by atoms with van der Waals surface area (Å²) in [5.74, 6) is 0.316. The van der Waals surface area contributed by atoms with Gasteiger partial charge in [0.05, 0.1) is 21.2 Å². The van der Waals surface area contributed by atoms with Gasteiger partial charge in [-0.2, -0.15) is 20.2 Å². The third-order valence-electron chi connectivity index (χ3n) is 6.32. The third kappa shape index (κ3) is 8.20. The molecule has 11 nitrogen and oxygen atoms in total. The summed E-state index contributed by atoms with van der Waals surface area (Å²) in [4.78, 5) is 9.29. The van der Waals surface area contributed by atoms with Crippen LogP contribution in [-0.4, -0.2) is 50.7 Å². The van der Waals surface area contributed by atoms with Gasteiger partial charge in [-0.3, -0.25) is 10.9 Å². The van der Waals surface area contributed by atoms with E-state index in [4.69, 9.17) is 0 Å². The van der Waals surface area contributed by atoms with E-state index in [1.54, 1.807) is 63.2 Å². The number of hydrogen-bond acceptors (Lipinski definition) is 11. The van der Waals surface area contributed by atoms with Gasteiger partial charge in [0.2, 0.25) is 5.95 Å². The van der Waals surface area contributed by atoms with Crippen molar-refractivity contribution < 1.29 is 21.2 Å². The molecule has 0 unspecified atom stereocenters. The van der Waals surface area contributed by atoms with Gasteiger partial charge in [0.1, 0.15) is 5.82 Å². The van der Waals surface area contributed by atoms with Crippen LogP contribution in [0.1, 0.15) is 30.5 Å². The second-order valence-electron chi connectivity index (χ2n) is 9.71. The van der Waals surface area contributed by atoms with Crippen molar-refractivity contribution in [1.29, 1.82) is 0 Å². The fourth-order valence-corrected chi connectivity index (χ4v) is 5.04. The number of rotatable bonds is 10. The van der Waals surface area contributed by atoms with Gasteiger partial charge >= 0.3 is 0 Å². The maximum Gasteiger partial charge on any atom is 0.231 e. The topological polar surface area (TPSA) is 155 Å². The van der Waals surface area contributed by atoms with Crippen LogP contribution in [0.4, 0.5) is 27.7 Å². The van der Waals surface area contributed by atoms with Gasteiger partial charge in [-0.1, -0.05) is 30.3 Å². The van der Waals surface area contributed by atoms with Crippen LogP contribution >= 0.6 is 0 Å². The van der Waals surface area contributed by atoms with Crippen molar-refractivity contribution in [2.24, 2.45) is 10.2 Å². The Bertz CT molecular complexity index is 1820. The van der Waals surface area contributed by atoms with Crippen LogP contribution in [0.3, 0.4) is 0 Å². The fourth-order valence-electron chi connectivity index (χ4n) is 3.78. The Morgan fingerprint density at radius 3 is 1.58 bits per heavy atom. The zero-order valence-corrected chi connectivity index (χ0v) is 25.7. The monoisotopic (exact) mass is 623 g/mol. The minimum atomic E-state index is -3.32. The highest BCUT2D eigenvalue weighted by molar-refractivity contribution is 7.91. The van der Waals surface area contributed by atoms with E-state index in [9.17, 15) is 21.2 Å². The number of aromatic nitrogens is 2. The van der Waals surface area contributed by atoms with Gasteiger partial charge in [-0.25, -0.2) is 21.2 Å². The van der Waals surface area contributed by atoms with Crippen molar-refractivity contribution in [3.05, 3.63) is 95.3 Å². The van der Waals surface area contributed by atoms with Gasteiger partial charge in [-0.15, -0.1) is 0 Å². The molecule has 224 valence electrons. The summed E-state index contributed by atoms with van der Waals surface area (Å²) in [7, 11) is -6.65. The van der Waals surface area contributed by atoms with E-state index in [-0.39, 0.29) is 33.2 Å². The average Bonchev–Trinajstić information content (AvgIpc) is 2.96. The highest BCUT2D eigenvalue weighted by Gasteiger charge is 2.11. The smallest absolute Gasteiger partial charge is 0.231 e. The summed E-state index contributed by atoms with van der Waals surface area (Å²) >= 11 is 0. The molecule has 1 aromatic heterocycles. The van der Waals surface area contributed by atoms with E-state index < -0.39 is 19.7 Å². The van der Waals surface area contributed by atoms with Crippen LogP contribution in [0.15, 0.2) is 92.8 Å². The van der Waals surface area contributed by atoms with Crippen LogP contribution in [0, 0.1) is 12.7 Å². The molecule has 43 heavy (non-hydrogen) atoms. The summed E-state index contributed by atoms with van der Waals surface area (Å²) in [6.45, 7) is 5.13. The first-order valence-corrected chi connectivity index (χ1v) is 16.6. The molecule has 0 saturated heterocycles. The summed E-state index contributed by atoms with van der Waals surface area (Å²) in [5, 5.41) is 11.8. The van der Waals surface area contributed by atoms with E-state index >= 15 is 0 Å². The molecule has 4 rings (SSSR count). The first-order chi connectivity index (χ1) is 20.2. The molecule has 0 aliphatic carbocycles. The Morgan fingerprint density at radius 1 is 0.721 bits per heavy atom. The Kier molecular flexibility index (Phi) is 9.21. The average molecular weight is 624 g/mol. The molecular weight excluding hydrogens is 593 g/mol. The van der Waals surface area contributed by atoms with Crippen LogP contribution in [0.25, 0.3) is 0 Å². The molecular formula is C29H30FN7O4S2. The maximum absolute atomic E-state index is 14.2. The molecule has 0 atom stereocenters. The van der Waals surface area contributed by atoms with Gasteiger partial charge in [-0.05, 0) is 68.3 Å². The minimum absolute atomic E-state index is 0.136. The molecule has 0 amide bonds. The van der Waals surface area contributed by atoms with Crippen molar-refractivity contribution in [1.82, 2.24) is 9.97 Å². The molecule has 4 aromatic rings. The summed E-state index contributed by atoms with van der Waals surface area (Å²) in [6.07, 6.45) is 2.28. The predicted octanol–water partition coefficient (Wildman–Crippen LogP) is 5.15. The van der Waals surface area contributed by atoms with Gasteiger partial charge < -0.3 is 5.32 Å².